The molecule has 0 bridgehead atoms. The molecule has 0 radical (unpaired) electrons. The SMILES string of the molecule is Cc1cccc(-c2ccccc2)c1C(=O)PCC(C)C.[H-].[Li+]. The summed E-state index contributed by atoms with van der Waals surface area (Å²) in [6.07, 6.45) is 0.974. The Bertz CT molecular complexity index is 599. The molecule has 0 saturated heterocycles. The Morgan fingerprint density at radius 3 is 2.38 bits per heavy atom. The van der Waals surface area contributed by atoms with Crippen LogP contribution in [0.2, 0.25) is 0 Å². The smallest absolute Gasteiger partial charge is 1.00 e. The summed E-state index contributed by atoms with van der Waals surface area (Å²) in [4.78, 5) is 12.6. The van der Waals surface area contributed by atoms with Crippen LogP contribution in [0.5, 0.6) is 0 Å². The van der Waals surface area contributed by atoms with E-state index in [4.69, 9.17) is 0 Å². The second-order valence-electron chi connectivity index (χ2n) is 5.47. The maximum Gasteiger partial charge on any atom is 1.00 e. The minimum absolute atomic E-state index is 0. The van der Waals surface area contributed by atoms with Crippen molar-refractivity contribution >= 4 is 14.1 Å². The molecule has 1 atom stereocenters. The third kappa shape index (κ3) is 4.82. The van der Waals surface area contributed by atoms with E-state index in [1.54, 1.807) is 0 Å². The molecule has 0 amide bonds. The van der Waals surface area contributed by atoms with Gasteiger partial charge in [0.05, 0.1) is 0 Å². The summed E-state index contributed by atoms with van der Waals surface area (Å²) in [5.41, 5.74) is 4.45. The van der Waals surface area contributed by atoms with Crippen LogP contribution in [0.3, 0.4) is 0 Å². The Morgan fingerprint density at radius 2 is 1.76 bits per heavy atom. The zero-order valence-corrected chi connectivity index (χ0v) is 14.3. The number of benzene rings is 2. The maximum atomic E-state index is 12.6. The molecule has 0 aromatic heterocycles. The molecule has 1 unspecified atom stereocenters. The molecule has 2 rings (SSSR count). The molecule has 2 aromatic rings. The van der Waals surface area contributed by atoms with E-state index in [-0.39, 0.29) is 25.8 Å². The minimum Gasteiger partial charge on any atom is -1.00 e. The Morgan fingerprint density at radius 1 is 1.10 bits per heavy atom. The van der Waals surface area contributed by atoms with E-state index in [1.807, 2.05) is 37.3 Å². The van der Waals surface area contributed by atoms with Gasteiger partial charge in [-0.15, -0.1) is 0 Å². The summed E-state index contributed by atoms with van der Waals surface area (Å²) < 4.78 is 0. The summed E-state index contributed by atoms with van der Waals surface area (Å²) in [5.74, 6) is 0.571. The molecule has 106 valence electrons. The third-order valence-electron chi connectivity index (χ3n) is 3.26. The van der Waals surface area contributed by atoms with E-state index in [1.165, 1.54) is 0 Å². The Kier molecular flexibility index (Phi) is 7.40. The molecule has 3 heteroatoms. The summed E-state index contributed by atoms with van der Waals surface area (Å²) in [5, 5.41) is 0. The number of carbonyl (C=O) groups is 1. The van der Waals surface area contributed by atoms with E-state index < -0.39 is 0 Å². The molecular formula is C18H22LiOP. The van der Waals surface area contributed by atoms with Gasteiger partial charge in [0.25, 0.3) is 0 Å². The fraction of sp³-hybridized carbons (Fsp3) is 0.278. The molecule has 1 nitrogen and oxygen atoms in total. The fourth-order valence-electron chi connectivity index (χ4n) is 2.21. The molecule has 0 aliphatic carbocycles. The molecule has 0 heterocycles. The predicted octanol–water partition coefficient (Wildman–Crippen LogP) is 2.25. The summed E-state index contributed by atoms with van der Waals surface area (Å²) in [6.45, 7) is 6.35. The maximum absolute atomic E-state index is 12.6. The molecule has 21 heavy (non-hydrogen) atoms. The van der Waals surface area contributed by atoms with Gasteiger partial charge >= 0.3 is 18.9 Å². The van der Waals surface area contributed by atoms with Crippen LogP contribution < -0.4 is 18.9 Å². The van der Waals surface area contributed by atoms with Gasteiger partial charge < -0.3 is 1.43 Å². The van der Waals surface area contributed by atoms with Crippen molar-refractivity contribution in [3.8, 4) is 11.1 Å². The number of hydrogen-bond donors (Lipinski definition) is 0. The van der Waals surface area contributed by atoms with Crippen LogP contribution >= 0.6 is 8.58 Å². The monoisotopic (exact) mass is 292 g/mol. The van der Waals surface area contributed by atoms with Gasteiger partial charge in [-0.3, -0.25) is 4.79 Å². The first-order chi connectivity index (χ1) is 9.59. The van der Waals surface area contributed by atoms with Crippen LogP contribution in [0.1, 0.15) is 31.2 Å². The molecule has 0 aliphatic rings. The average Bonchev–Trinajstić information content (AvgIpc) is 2.45. The van der Waals surface area contributed by atoms with Crippen LogP contribution in [-0.4, -0.2) is 11.7 Å². The zero-order valence-electron chi connectivity index (χ0n) is 14.3. The normalized spacial score (nSPS) is 10.9. The number of rotatable bonds is 5. The van der Waals surface area contributed by atoms with Crippen molar-refractivity contribution < 1.29 is 25.1 Å². The number of aryl methyl sites for hydroxylation is 1. The van der Waals surface area contributed by atoms with Gasteiger partial charge in [0.2, 0.25) is 0 Å². The average molecular weight is 292 g/mol. The van der Waals surface area contributed by atoms with Gasteiger partial charge in [-0.2, -0.15) is 0 Å². The van der Waals surface area contributed by atoms with E-state index >= 15 is 0 Å². The standard InChI is InChI=1S/C18H21OP.Li.H/c1-13(2)12-20-18(19)17-14(3)8-7-11-16(17)15-9-5-4-6-10-15;;/h4-11,13,20H,12H2,1-3H3;;/q;+1;-1. The van der Waals surface area contributed by atoms with Gasteiger partial charge in [0, 0.05) is 5.56 Å². The van der Waals surface area contributed by atoms with Gasteiger partial charge in [-0.05, 0) is 44.3 Å². The van der Waals surface area contributed by atoms with Crippen molar-refractivity contribution in [2.24, 2.45) is 5.92 Å². The quantitative estimate of drug-likeness (QED) is 0.610. The van der Waals surface area contributed by atoms with Crippen molar-refractivity contribution in [3.63, 3.8) is 0 Å². The van der Waals surface area contributed by atoms with Gasteiger partial charge in [0.15, 0.2) is 5.52 Å². The van der Waals surface area contributed by atoms with Gasteiger partial charge in [-0.1, -0.05) is 62.4 Å². The summed E-state index contributed by atoms with van der Waals surface area (Å²) >= 11 is 0. The Hall–Kier alpha value is -0.863. The van der Waals surface area contributed by atoms with Crippen LogP contribution in [-0.2, 0) is 0 Å². The van der Waals surface area contributed by atoms with Crippen LogP contribution in [0.25, 0.3) is 11.1 Å². The first-order valence-corrected chi connectivity index (χ1v) is 8.23. The molecule has 0 fully saturated rings. The first kappa shape index (κ1) is 18.2. The molecule has 0 saturated carbocycles. The topological polar surface area (TPSA) is 17.1 Å². The van der Waals surface area contributed by atoms with Crippen molar-refractivity contribution in [2.45, 2.75) is 20.8 Å². The van der Waals surface area contributed by atoms with E-state index in [2.05, 4.69) is 32.0 Å². The van der Waals surface area contributed by atoms with Gasteiger partial charge in [0.1, 0.15) is 0 Å². The Labute approximate surface area is 143 Å². The second-order valence-corrected chi connectivity index (χ2v) is 6.68. The Balaban J connectivity index is 0.00000220. The minimum atomic E-state index is 0. The number of hydrogen-bond acceptors (Lipinski definition) is 1. The van der Waals surface area contributed by atoms with E-state index in [0.717, 1.165) is 28.4 Å². The molecule has 0 spiro atoms. The molecular weight excluding hydrogens is 270 g/mol. The van der Waals surface area contributed by atoms with Crippen LogP contribution in [0.15, 0.2) is 48.5 Å². The number of carbonyl (C=O) groups excluding carboxylic acids is 1. The summed E-state index contributed by atoms with van der Waals surface area (Å²) in [7, 11) is 0.363. The fourth-order valence-corrected chi connectivity index (χ4v) is 3.31. The third-order valence-corrected chi connectivity index (χ3v) is 4.85. The van der Waals surface area contributed by atoms with Crippen molar-refractivity contribution in [1.29, 1.82) is 0 Å². The first-order valence-electron chi connectivity index (χ1n) is 7.03. The van der Waals surface area contributed by atoms with E-state index in [0.29, 0.717) is 14.5 Å². The van der Waals surface area contributed by atoms with Crippen molar-refractivity contribution in [3.05, 3.63) is 59.7 Å². The molecule has 0 aliphatic heterocycles. The summed E-state index contributed by atoms with van der Waals surface area (Å²) in [6, 6.07) is 16.3. The van der Waals surface area contributed by atoms with E-state index in [9.17, 15) is 4.79 Å². The van der Waals surface area contributed by atoms with Crippen LogP contribution in [0.4, 0.5) is 0 Å². The van der Waals surface area contributed by atoms with Crippen molar-refractivity contribution in [2.75, 3.05) is 6.16 Å². The zero-order chi connectivity index (χ0) is 14.5. The molecule has 0 N–H and O–H groups in total. The van der Waals surface area contributed by atoms with Crippen molar-refractivity contribution in [1.82, 2.24) is 0 Å². The molecule has 2 aromatic carbocycles. The second kappa shape index (κ2) is 8.55. The van der Waals surface area contributed by atoms with Crippen LogP contribution in [0, 0.1) is 12.8 Å². The predicted molar refractivity (Wildman–Crippen MR) is 90.1 cm³/mol. The largest absolute Gasteiger partial charge is 1.00 e. The van der Waals surface area contributed by atoms with Gasteiger partial charge in [-0.25, -0.2) is 0 Å².